The van der Waals surface area contributed by atoms with Gasteiger partial charge in [-0.2, -0.15) is 13.1 Å². The first-order valence-corrected chi connectivity index (χ1v) is 9.52. The molecule has 0 bridgehead atoms. The minimum absolute atomic E-state index is 0.0907. The van der Waals surface area contributed by atoms with Crippen molar-refractivity contribution in [2.24, 2.45) is 0 Å². The van der Waals surface area contributed by atoms with E-state index in [1.807, 2.05) is 0 Å². The van der Waals surface area contributed by atoms with Gasteiger partial charge in [0.05, 0.1) is 17.8 Å². The fourth-order valence-electron chi connectivity index (χ4n) is 2.69. The molecule has 0 unspecified atom stereocenters. The zero-order valence-corrected chi connectivity index (χ0v) is 14.4. The zero-order chi connectivity index (χ0) is 16.6. The van der Waals surface area contributed by atoms with Crippen LogP contribution in [0, 0.1) is 0 Å². The molecule has 1 atom stereocenters. The standard InChI is InChI=1S/C14H17N3O4S2/c1-9(2)21-14(18)11-6-4-8-17(11)23(19,20)12-7-3-5-10-13(12)16-22-15-10/h3,5,7,9,11H,4,6,8H2,1-2H3/t11-/m1/s1. The molecule has 9 heteroatoms. The van der Waals surface area contributed by atoms with Crippen molar-refractivity contribution in [3.05, 3.63) is 18.2 Å². The lowest BCUT2D eigenvalue weighted by molar-refractivity contribution is -0.151. The maximum absolute atomic E-state index is 13.0. The molecule has 1 aliphatic rings. The van der Waals surface area contributed by atoms with Crippen molar-refractivity contribution in [1.82, 2.24) is 13.1 Å². The lowest BCUT2D eigenvalue weighted by atomic mass is 10.2. The summed E-state index contributed by atoms with van der Waals surface area (Å²) in [7, 11) is -3.83. The predicted octanol–water partition coefficient (Wildman–Crippen LogP) is 1.80. The van der Waals surface area contributed by atoms with E-state index in [9.17, 15) is 13.2 Å². The molecular weight excluding hydrogens is 338 g/mol. The van der Waals surface area contributed by atoms with Crippen LogP contribution in [0.2, 0.25) is 0 Å². The number of aromatic nitrogens is 2. The van der Waals surface area contributed by atoms with E-state index in [0.717, 1.165) is 11.7 Å². The Hall–Kier alpha value is -1.58. The fraction of sp³-hybridized carbons (Fsp3) is 0.500. The van der Waals surface area contributed by atoms with Crippen LogP contribution in [0.3, 0.4) is 0 Å². The first kappa shape index (κ1) is 16.3. The maximum atomic E-state index is 13.0. The number of sulfonamides is 1. The summed E-state index contributed by atoms with van der Waals surface area (Å²) >= 11 is 0.967. The fourth-order valence-corrected chi connectivity index (χ4v) is 5.09. The van der Waals surface area contributed by atoms with Crippen molar-refractivity contribution in [1.29, 1.82) is 0 Å². The van der Waals surface area contributed by atoms with Gasteiger partial charge in [0.2, 0.25) is 10.0 Å². The second kappa shape index (κ2) is 6.14. The highest BCUT2D eigenvalue weighted by atomic mass is 32.2. The van der Waals surface area contributed by atoms with Crippen LogP contribution in [0.25, 0.3) is 11.0 Å². The van der Waals surface area contributed by atoms with Crippen LogP contribution in [0.15, 0.2) is 23.1 Å². The number of rotatable bonds is 4. The number of hydrogen-bond donors (Lipinski definition) is 0. The molecule has 1 saturated heterocycles. The molecule has 1 aromatic heterocycles. The first-order chi connectivity index (χ1) is 10.9. The summed E-state index contributed by atoms with van der Waals surface area (Å²) < 4.78 is 40.6. The van der Waals surface area contributed by atoms with Gasteiger partial charge >= 0.3 is 5.97 Å². The molecule has 1 fully saturated rings. The van der Waals surface area contributed by atoms with Crippen LogP contribution in [0.5, 0.6) is 0 Å². The molecule has 3 rings (SSSR count). The average molecular weight is 355 g/mol. The topological polar surface area (TPSA) is 89.5 Å². The third-order valence-corrected chi connectivity index (χ3v) is 6.15. The number of carbonyl (C=O) groups is 1. The number of hydrogen-bond acceptors (Lipinski definition) is 7. The van der Waals surface area contributed by atoms with Crippen molar-refractivity contribution >= 4 is 38.8 Å². The molecule has 1 aliphatic heterocycles. The van der Waals surface area contributed by atoms with E-state index in [-0.39, 0.29) is 11.0 Å². The molecule has 1 aromatic carbocycles. The number of fused-ring (bicyclic) bond motifs is 1. The van der Waals surface area contributed by atoms with Gasteiger partial charge in [-0.3, -0.25) is 4.79 Å². The Morgan fingerprint density at radius 1 is 1.39 bits per heavy atom. The van der Waals surface area contributed by atoms with Gasteiger partial charge in [-0.15, -0.1) is 0 Å². The van der Waals surface area contributed by atoms with Gasteiger partial charge in [0.15, 0.2) is 0 Å². The van der Waals surface area contributed by atoms with Crippen molar-refractivity contribution in [2.45, 2.75) is 43.7 Å². The van der Waals surface area contributed by atoms with Crippen molar-refractivity contribution in [3.8, 4) is 0 Å². The van der Waals surface area contributed by atoms with E-state index < -0.39 is 22.0 Å². The molecule has 2 heterocycles. The van der Waals surface area contributed by atoms with Crippen molar-refractivity contribution < 1.29 is 17.9 Å². The largest absolute Gasteiger partial charge is 0.462 e. The quantitative estimate of drug-likeness (QED) is 0.777. The van der Waals surface area contributed by atoms with E-state index in [4.69, 9.17) is 4.74 Å². The normalized spacial score (nSPS) is 19.5. The molecule has 2 aromatic rings. The highest BCUT2D eigenvalue weighted by Gasteiger charge is 2.41. The lowest BCUT2D eigenvalue weighted by Gasteiger charge is -2.23. The van der Waals surface area contributed by atoms with E-state index in [0.29, 0.717) is 30.4 Å². The first-order valence-electron chi connectivity index (χ1n) is 7.35. The summed E-state index contributed by atoms with van der Waals surface area (Å²) in [6.45, 7) is 3.79. The molecule has 0 radical (unpaired) electrons. The van der Waals surface area contributed by atoms with Crippen LogP contribution < -0.4 is 0 Å². The highest BCUT2D eigenvalue weighted by molar-refractivity contribution is 7.89. The van der Waals surface area contributed by atoms with Gasteiger partial charge in [0.25, 0.3) is 0 Å². The van der Waals surface area contributed by atoms with Crippen LogP contribution in [0.1, 0.15) is 26.7 Å². The van der Waals surface area contributed by atoms with Crippen molar-refractivity contribution in [2.75, 3.05) is 6.54 Å². The maximum Gasteiger partial charge on any atom is 0.324 e. The molecule has 0 aliphatic carbocycles. The van der Waals surface area contributed by atoms with Gasteiger partial charge in [-0.05, 0) is 38.8 Å². The van der Waals surface area contributed by atoms with Crippen LogP contribution in [0.4, 0.5) is 0 Å². The van der Waals surface area contributed by atoms with Gasteiger partial charge in [-0.25, -0.2) is 8.42 Å². The molecular formula is C14H17N3O4S2. The number of benzene rings is 1. The Bertz CT molecular complexity index is 831. The van der Waals surface area contributed by atoms with E-state index in [2.05, 4.69) is 8.75 Å². The van der Waals surface area contributed by atoms with E-state index in [1.54, 1.807) is 26.0 Å². The smallest absolute Gasteiger partial charge is 0.324 e. The Balaban J connectivity index is 1.98. The number of esters is 1. The van der Waals surface area contributed by atoms with Crippen LogP contribution >= 0.6 is 11.7 Å². The molecule has 124 valence electrons. The van der Waals surface area contributed by atoms with Crippen molar-refractivity contribution in [3.63, 3.8) is 0 Å². The Kier molecular flexibility index (Phi) is 4.35. The van der Waals surface area contributed by atoms with Gasteiger partial charge < -0.3 is 4.74 Å². The summed E-state index contributed by atoms with van der Waals surface area (Å²) in [4.78, 5) is 12.3. The molecule has 0 amide bonds. The number of nitrogens with zero attached hydrogens (tertiary/aromatic N) is 3. The van der Waals surface area contributed by atoms with Crippen LogP contribution in [-0.4, -0.2) is 46.1 Å². The molecule has 0 spiro atoms. The Labute approximate surface area is 138 Å². The summed E-state index contributed by atoms with van der Waals surface area (Å²) in [5.41, 5.74) is 0.886. The van der Waals surface area contributed by atoms with Gasteiger partial charge in [0, 0.05) is 6.54 Å². The highest BCUT2D eigenvalue weighted by Crippen LogP contribution is 2.30. The van der Waals surface area contributed by atoms with E-state index >= 15 is 0 Å². The molecule has 7 nitrogen and oxygen atoms in total. The van der Waals surface area contributed by atoms with Crippen LogP contribution in [-0.2, 0) is 19.6 Å². The Morgan fingerprint density at radius 2 is 2.17 bits per heavy atom. The average Bonchev–Trinajstić information content (AvgIpc) is 3.15. The SMILES string of the molecule is CC(C)OC(=O)[C@H]1CCCN1S(=O)(=O)c1cccc2nsnc12. The summed E-state index contributed by atoms with van der Waals surface area (Å²) in [5, 5.41) is 0. The second-order valence-corrected chi connectivity index (χ2v) is 8.03. The second-order valence-electron chi connectivity index (χ2n) is 5.65. The third kappa shape index (κ3) is 2.96. The summed E-state index contributed by atoms with van der Waals surface area (Å²) in [6.07, 6.45) is 0.817. The molecule has 0 saturated carbocycles. The van der Waals surface area contributed by atoms with E-state index in [1.165, 1.54) is 10.4 Å². The third-order valence-electron chi connectivity index (χ3n) is 3.66. The number of ether oxygens (including phenoxy) is 1. The van der Waals surface area contributed by atoms with Gasteiger partial charge in [0.1, 0.15) is 22.0 Å². The minimum atomic E-state index is -3.83. The predicted molar refractivity (Wildman–Crippen MR) is 85.6 cm³/mol. The molecule has 23 heavy (non-hydrogen) atoms. The van der Waals surface area contributed by atoms with Gasteiger partial charge in [-0.1, -0.05) is 6.07 Å². The monoisotopic (exact) mass is 355 g/mol. The Morgan fingerprint density at radius 3 is 2.91 bits per heavy atom. The molecule has 0 N–H and O–H groups in total. The minimum Gasteiger partial charge on any atom is -0.462 e. The summed E-state index contributed by atoms with van der Waals surface area (Å²) in [6, 6.07) is 4.08. The number of carbonyl (C=O) groups excluding carboxylic acids is 1. The lowest BCUT2D eigenvalue weighted by Crippen LogP contribution is -2.42. The summed E-state index contributed by atoms with van der Waals surface area (Å²) in [5.74, 6) is -0.496. The zero-order valence-electron chi connectivity index (χ0n) is 12.8.